The summed E-state index contributed by atoms with van der Waals surface area (Å²) in [5.41, 5.74) is 9.91. The molecular weight excluding hydrogens is 943 g/mol. The summed E-state index contributed by atoms with van der Waals surface area (Å²) < 4.78 is 3.04. The molecule has 5 aromatic rings. The summed E-state index contributed by atoms with van der Waals surface area (Å²) in [5.74, 6) is 0. The van der Waals surface area contributed by atoms with Crippen molar-refractivity contribution in [3.63, 3.8) is 0 Å². The molecular formula is C44H58I2S5. The highest BCUT2D eigenvalue weighted by Crippen LogP contribution is 2.51. The second-order valence-electron chi connectivity index (χ2n) is 14.0. The first-order chi connectivity index (χ1) is 24.9. The average Bonchev–Trinajstić information content (AvgIpc) is 3.96. The molecule has 51 heavy (non-hydrogen) atoms. The minimum absolute atomic E-state index is 1.19. The van der Waals surface area contributed by atoms with E-state index >= 15 is 0 Å². The third-order valence-corrected chi connectivity index (χ3v) is 19.0. The van der Waals surface area contributed by atoms with Gasteiger partial charge in [0.15, 0.2) is 0 Å². The lowest BCUT2D eigenvalue weighted by Gasteiger charge is -2.08. The highest BCUT2D eigenvalue weighted by atomic mass is 127. The molecule has 0 aliphatic carbocycles. The van der Waals surface area contributed by atoms with E-state index in [2.05, 4.69) is 168 Å². The third-order valence-electron chi connectivity index (χ3n) is 10.0. The standard InChI is InChI=1S/C44H58I2S5/c1-7-13-19-29-30(20-14-8-2)40(36-26-28-38(48-36)42-32(22-16-10-4)34(24-18-12-6)44(46)51-42)49-39(29)35-25-27-37(47-35)41-31(21-15-9-3)33(23-17-11-5)43(45)50-41/h25-28H,7-24H2,1-6H3. The van der Waals surface area contributed by atoms with E-state index in [4.69, 9.17) is 0 Å². The summed E-state index contributed by atoms with van der Waals surface area (Å²) in [4.78, 5) is 12.2. The molecule has 0 saturated heterocycles. The zero-order chi connectivity index (χ0) is 36.3. The van der Waals surface area contributed by atoms with Crippen LogP contribution < -0.4 is 0 Å². The molecule has 0 bridgehead atoms. The largest absolute Gasteiger partial charge is 0.133 e. The summed E-state index contributed by atoms with van der Waals surface area (Å²) >= 11 is 15.6. The fourth-order valence-electron chi connectivity index (χ4n) is 7.07. The van der Waals surface area contributed by atoms with Gasteiger partial charge in [0, 0.05) is 39.0 Å². The number of halogens is 2. The maximum Gasteiger partial charge on any atom is 0.0695 e. The summed E-state index contributed by atoms with van der Waals surface area (Å²) in [5, 5.41) is 0. The summed E-state index contributed by atoms with van der Waals surface area (Å²) in [6.45, 7) is 14.0. The van der Waals surface area contributed by atoms with Gasteiger partial charge in [0.25, 0.3) is 0 Å². The number of thiophene rings is 5. The van der Waals surface area contributed by atoms with Crippen LogP contribution in [0.5, 0.6) is 0 Å². The normalized spacial score (nSPS) is 11.8. The van der Waals surface area contributed by atoms with Crippen LogP contribution in [-0.2, 0) is 38.5 Å². The molecule has 0 spiro atoms. The SMILES string of the molecule is CCCCc1c(I)sc(-c2ccc(-c3sc(-c4ccc(-c5sc(I)c(CCCC)c5CCCC)s4)c(CCCC)c3CCCC)s2)c1CCCC. The van der Waals surface area contributed by atoms with Gasteiger partial charge < -0.3 is 0 Å². The molecule has 5 heterocycles. The number of hydrogen-bond donors (Lipinski definition) is 0. The number of rotatable bonds is 22. The highest BCUT2D eigenvalue weighted by Gasteiger charge is 2.25. The van der Waals surface area contributed by atoms with Gasteiger partial charge in [-0.25, -0.2) is 0 Å². The fraction of sp³-hybridized carbons (Fsp3) is 0.545. The Morgan fingerprint density at radius 3 is 0.843 bits per heavy atom. The van der Waals surface area contributed by atoms with E-state index in [-0.39, 0.29) is 0 Å². The quantitative estimate of drug-likeness (QED) is 0.0606. The van der Waals surface area contributed by atoms with E-state index in [0.29, 0.717) is 0 Å². The van der Waals surface area contributed by atoms with Crippen LogP contribution in [0.25, 0.3) is 39.0 Å². The van der Waals surface area contributed by atoms with Crippen molar-refractivity contribution >= 4 is 102 Å². The van der Waals surface area contributed by atoms with Crippen LogP contribution in [0.1, 0.15) is 152 Å². The molecule has 0 amide bonds. The molecule has 0 unspecified atom stereocenters. The molecule has 0 aromatic carbocycles. The van der Waals surface area contributed by atoms with Crippen molar-refractivity contribution in [2.24, 2.45) is 0 Å². The predicted molar refractivity (Wildman–Crippen MR) is 255 cm³/mol. The van der Waals surface area contributed by atoms with Crippen molar-refractivity contribution < 1.29 is 0 Å². The van der Waals surface area contributed by atoms with Gasteiger partial charge in [-0.1, -0.05) is 80.1 Å². The Balaban J connectivity index is 1.59. The second kappa shape index (κ2) is 21.3. The summed E-state index contributed by atoms with van der Waals surface area (Å²) in [6.07, 6.45) is 22.4. The Labute approximate surface area is 357 Å². The van der Waals surface area contributed by atoms with Gasteiger partial charge in [0.2, 0.25) is 0 Å². The van der Waals surface area contributed by atoms with Crippen LogP contribution >= 0.6 is 102 Å². The van der Waals surface area contributed by atoms with E-state index in [1.807, 2.05) is 0 Å². The van der Waals surface area contributed by atoms with E-state index in [1.54, 1.807) is 52.9 Å². The highest BCUT2D eigenvalue weighted by molar-refractivity contribution is 14.1. The maximum absolute atomic E-state index is 2.64. The first kappa shape index (κ1) is 42.1. The zero-order valence-electron chi connectivity index (χ0n) is 31.8. The minimum atomic E-state index is 1.19. The Bertz CT molecular complexity index is 1680. The number of unbranched alkanes of at least 4 members (excludes halogenated alkanes) is 6. The molecule has 0 aliphatic rings. The molecule has 7 heteroatoms. The molecule has 5 aromatic heterocycles. The first-order valence-electron chi connectivity index (χ1n) is 19.9. The first-order valence-corrected chi connectivity index (χ1v) is 26.1. The third kappa shape index (κ3) is 10.2. The predicted octanol–water partition coefficient (Wildman–Crippen LogP) is 17.9. The van der Waals surface area contributed by atoms with Crippen LogP contribution in [0.15, 0.2) is 24.3 Å². The van der Waals surface area contributed by atoms with Crippen LogP contribution in [0.2, 0.25) is 0 Å². The zero-order valence-corrected chi connectivity index (χ0v) is 40.2. The molecule has 278 valence electrons. The molecule has 0 aliphatic heterocycles. The van der Waals surface area contributed by atoms with E-state index in [1.165, 1.54) is 141 Å². The number of hydrogen-bond acceptors (Lipinski definition) is 5. The molecule has 0 nitrogen and oxygen atoms in total. The summed E-state index contributed by atoms with van der Waals surface area (Å²) in [7, 11) is 0. The van der Waals surface area contributed by atoms with Gasteiger partial charge in [0.1, 0.15) is 0 Å². The lowest BCUT2D eigenvalue weighted by molar-refractivity contribution is 0.761. The topological polar surface area (TPSA) is 0 Å². The van der Waals surface area contributed by atoms with Crippen LogP contribution in [0, 0.1) is 5.77 Å². The van der Waals surface area contributed by atoms with E-state index in [0.717, 1.165) is 0 Å². The van der Waals surface area contributed by atoms with E-state index in [9.17, 15) is 0 Å². The van der Waals surface area contributed by atoms with Gasteiger partial charge in [-0.2, -0.15) is 0 Å². The Morgan fingerprint density at radius 1 is 0.333 bits per heavy atom. The molecule has 0 N–H and O–H groups in total. The van der Waals surface area contributed by atoms with Crippen molar-refractivity contribution in [1.29, 1.82) is 0 Å². The van der Waals surface area contributed by atoms with Crippen molar-refractivity contribution in [3.8, 4) is 39.0 Å². The van der Waals surface area contributed by atoms with Crippen LogP contribution in [0.3, 0.4) is 0 Å². The molecule has 5 rings (SSSR count). The lowest BCUT2D eigenvalue weighted by atomic mass is 9.97. The van der Waals surface area contributed by atoms with Crippen LogP contribution in [-0.4, -0.2) is 0 Å². The van der Waals surface area contributed by atoms with Gasteiger partial charge in [0.05, 0.1) is 5.77 Å². The van der Waals surface area contributed by atoms with Crippen molar-refractivity contribution in [2.45, 2.75) is 157 Å². The molecule has 0 fully saturated rings. The monoisotopic (exact) mass is 1000 g/mol. The van der Waals surface area contributed by atoms with Gasteiger partial charge in [-0.05, 0) is 180 Å². The van der Waals surface area contributed by atoms with Gasteiger partial charge in [-0.15, -0.1) is 56.7 Å². The second-order valence-corrected chi connectivity index (χ2v) is 22.8. The van der Waals surface area contributed by atoms with Crippen molar-refractivity contribution in [1.82, 2.24) is 0 Å². The maximum atomic E-state index is 2.64. The molecule has 0 atom stereocenters. The van der Waals surface area contributed by atoms with Crippen molar-refractivity contribution in [3.05, 3.63) is 63.4 Å². The minimum Gasteiger partial charge on any atom is -0.133 e. The van der Waals surface area contributed by atoms with Gasteiger partial charge in [-0.3, -0.25) is 0 Å². The van der Waals surface area contributed by atoms with Gasteiger partial charge >= 0.3 is 0 Å². The van der Waals surface area contributed by atoms with Crippen molar-refractivity contribution in [2.75, 3.05) is 0 Å². The van der Waals surface area contributed by atoms with E-state index < -0.39 is 0 Å². The summed E-state index contributed by atoms with van der Waals surface area (Å²) in [6, 6.07) is 9.88. The Kier molecular flexibility index (Phi) is 17.6. The lowest BCUT2D eigenvalue weighted by Crippen LogP contribution is -1.94. The van der Waals surface area contributed by atoms with Crippen LogP contribution in [0.4, 0.5) is 0 Å². The Morgan fingerprint density at radius 2 is 0.569 bits per heavy atom. The molecule has 0 radical (unpaired) electrons. The Hall–Kier alpha value is -0.0400. The smallest absolute Gasteiger partial charge is 0.0695 e. The fourth-order valence-corrected chi connectivity index (χ4v) is 15.8. The molecule has 0 saturated carbocycles. The average molecular weight is 1000 g/mol.